The molecule has 1 aliphatic rings. The van der Waals surface area contributed by atoms with E-state index in [1.165, 1.54) is 30.4 Å². The van der Waals surface area contributed by atoms with Gasteiger partial charge in [0.05, 0.1) is 10.6 Å². The van der Waals surface area contributed by atoms with Crippen molar-refractivity contribution in [3.05, 3.63) is 81.4 Å². The van der Waals surface area contributed by atoms with Crippen LogP contribution in [0, 0.1) is 10.1 Å². The van der Waals surface area contributed by atoms with Crippen molar-refractivity contribution in [2.24, 2.45) is 0 Å². The van der Waals surface area contributed by atoms with Crippen LogP contribution in [0.2, 0.25) is 5.02 Å². The minimum Gasteiger partial charge on any atom is -0.489 e. The summed E-state index contributed by atoms with van der Waals surface area (Å²) in [6, 6.07) is 8.45. The fourth-order valence-electron chi connectivity index (χ4n) is 2.68. The number of nitro groups is 1. The van der Waals surface area contributed by atoms with Crippen molar-refractivity contribution in [2.75, 3.05) is 11.5 Å². The molecule has 1 heterocycles. The summed E-state index contributed by atoms with van der Waals surface area (Å²) in [7, 11) is 0. The molecule has 1 N–H and O–H groups in total. The number of urea groups is 1. The second-order valence-electron chi connectivity index (χ2n) is 6.01. The van der Waals surface area contributed by atoms with E-state index < -0.39 is 22.8 Å². The molecule has 10 heteroatoms. The number of benzene rings is 2. The second kappa shape index (κ2) is 8.58. The van der Waals surface area contributed by atoms with Crippen LogP contribution >= 0.6 is 11.6 Å². The molecule has 9 nitrogen and oxygen atoms in total. The zero-order valence-corrected chi connectivity index (χ0v) is 16.1. The molecule has 0 atom stereocenters. The lowest BCUT2D eigenvalue weighted by Gasteiger charge is -2.26. The maximum atomic E-state index is 12.9. The van der Waals surface area contributed by atoms with Crippen LogP contribution in [0.3, 0.4) is 0 Å². The van der Waals surface area contributed by atoms with Crippen molar-refractivity contribution in [3.8, 4) is 5.75 Å². The average Bonchev–Trinajstić information content (AvgIpc) is 2.70. The molecule has 0 bridgehead atoms. The van der Waals surface area contributed by atoms with Gasteiger partial charge in [-0.3, -0.25) is 25.0 Å². The van der Waals surface area contributed by atoms with Crippen LogP contribution in [-0.4, -0.2) is 29.4 Å². The molecule has 1 saturated heterocycles. The van der Waals surface area contributed by atoms with Gasteiger partial charge < -0.3 is 4.74 Å². The largest absolute Gasteiger partial charge is 0.489 e. The average molecular weight is 428 g/mol. The van der Waals surface area contributed by atoms with Crippen LogP contribution < -0.4 is 15.0 Å². The Morgan fingerprint density at radius 1 is 1.17 bits per heavy atom. The number of hydrogen-bond donors (Lipinski definition) is 1. The molecule has 2 aromatic rings. The van der Waals surface area contributed by atoms with Crippen LogP contribution in [0.4, 0.5) is 16.2 Å². The van der Waals surface area contributed by atoms with Gasteiger partial charge in [-0.2, -0.15) is 0 Å². The first-order chi connectivity index (χ1) is 14.3. The van der Waals surface area contributed by atoms with E-state index in [0.29, 0.717) is 21.2 Å². The summed E-state index contributed by atoms with van der Waals surface area (Å²) < 4.78 is 5.51. The fourth-order valence-corrected chi connectivity index (χ4v) is 2.86. The number of nitro benzene ring substituents is 1. The van der Waals surface area contributed by atoms with E-state index in [1.807, 2.05) is 0 Å². The van der Waals surface area contributed by atoms with Gasteiger partial charge in [0.2, 0.25) is 0 Å². The molecule has 0 saturated carbocycles. The van der Waals surface area contributed by atoms with Crippen molar-refractivity contribution in [2.45, 2.75) is 0 Å². The number of nitrogens with zero attached hydrogens (tertiary/aromatic N) is 2. The molecule has 152 valence electrons. The predicted octanol–water partition coefficient (Wildman–Crippen LogP) is 3.48. The first-order valence-electron chi connectivity index (χ1n) is 8.51. The highest BCUT2D eigenvalue weighted by atomic mass is 35.5. The van der Waals surface area contributed by atoms with E-state index in [0.717, 1.165) is 12.1 Å². The number of halogens is 1. The van der Waals surface area contributed by atoms with Gasteiger partial charge in [0.25, 0.3) is 17.5 Å². The Morgan fingerprint density at radius 3 is 2.50 bits per heavy atom. The Bertz CT molecular complexity index is 1090. The smallest absolute Gasteiger partial charge is 0.335 e. The van der Waals surface area contributed by atoms with Crippen LogP contribution in [0.5, 0.6) is 5.75 Å². The molecule has 0 aromatic heterocycles. The molecule has 30 heavy (non-hydrogen) atoms. The third-order valence-electron chi connectivity index (χ3n) is 4.05. The molecule has 4 amide bonds. The summed E-state index contributed by atoms with van der Waals surface area (Å²) in [5, 5.41) is 13.2. The minimum absolute atomic E-state index is 0.0655. The zero-order chi connectivity index (χ0) is 21.8. The van der Waals surface area contributed by atoms with Gasteiger partial charge >= 0.3 is 6.03 Å². The lowest BCUT2D eigenvalue weighted by atomic mass is 10.1. The predicted molar refractivity (Wildman–Crippen MR) is 109 cm³/mol. The van der Waals surface area contributed by atoms with E-state index in [1.54, 1.807) is 12.1 Å². The maximum absolute atomic E-state index is 12.9. The molecule has 0 aliphatic carbocycles. The molecule has 0 spiro atoms. The van der Waals surface area contributed by atoms with Crippen LogP contribution in [0.1, 0.15) is 5.56 Å². The SMILES string of the molecule is C=CCOc1ccc(Cl)cc1/C=C1\C(=O)NC(=O)N(c2ccc([N+](=O)[O-])cc2)C1=O. The van der Waals surface area contributed by atoms with Gasteiger partial charge in [0, 0.05) is 22.7 Å². The zero-order valence-electron chi connectivity index (χ0n) is 15.3. The summed E-state index contributed by atoms with van der Waals surface area (Å²) in [4.78, 5) is 48.4. The van der Waals surface area contributed by atoms with Gasteiger partial charge in [-0.1, -0.05) is 24.3 Å². The highest BCUT2D eigenvalue weighted by Gasteiger charge is 2.37. The van der Waals surface area contributed by atoms with Gasteiger partial charge in [0.15, 0.2) is 0 Å². The Labute approximate surface area is 175 Å². The maximum Gasteiger partial charge on any atom is 0.335 e. The second-order valence-corrected chi connectivity index (χ2v) is 6.45. The molecule has 0 unspecified atom stereocenters. The van der Waals surface area contributed by atoms with E-state index in [2.05, 4.69) is 11.9 Å². The normalized spacial score (nSPS) is 15.2. The number of barbiturate groups is 1. The Kier molecular flexibility index (Phi) is 5.93. The first-order valence-corrected chi connectivity index (χ1v) is 8.88. The lowest BCUT2D eigenvalue weighted by molar-refractivity contribution is -0.384. The highest BCUT2D eigenvalue weighted by Crippen LogP contribution is 2.28. The molecule has 0 radical (unpaired) electrons. The van der Waals surface area contributed by atoms with Crippen molar-refractivity contribution in [3.63, 3.8) is 0 Å². The van der Waals surface area contributed by atoms with Gasteiger partial charge in [-0.15, -0.1) is 0 Å². The third kappa shape index (κ3) is 4.20. The highest BCUT2D eigenvalue weighted by molar-refractivity contribution is 6.39. The summed E-state index contributed by atoms with van der Waals surface area (Å²) in [5.74, 6) is -1.43. The number of nitrogens with one attached hydrogen (secondary N) is 1. The number of carbonyl (C=O) groups is 3. The topological polar surface area (TPSA) is 119 Å². The van der Waals surface area contributed by atoms with Crippen molar-refractivity contribution >= 4 is 46.9 Å². The number of carbonyl (C=O) groups excluding carboxylic acids is 3. The lowest BCUT2D eigenvalue weighted by Crippen LogP contribution is -2.54. The Hall–Kier alpha value is -3.98. The number of ether oxygens (including phenoxy) is 1. The van der Waals surface area contributed by atoms with Crippen LogP contribution in [0.25, 0.3) is 6.08 Å². The number of hydrogen-bond acceptors (Lipinski definition) is 6. The van der Waals surface area contributed by atoms with Gasteiger partial charge in [-0.05, 0) is 36.4 Å². The Morgan fingerprint density at radius 2 is 1.87 bits per heavy atom. The van der Waals surface area contributed by atoms with Crippen molar-refractivity contribution in [1.82, 2.24) is 5.32 Å². The number of anilines is 1. The molecule has 2 aromatic carbocycles. The third-order valence-corrected chi connectivity index (χ3v) is 4.28. The molecule has 1 aliphatic heterocycles. The molecular formula is C20H14ClN3O6. The Balaban J connectivity index is 2.01. The van der Waals surface area contributed by atoms with Crippen LogP contribution in [-0.2, 0) is 9.59 Å². The van der Waals surface area contributed by atoms with E-state index in [4.69, 9.17) is 16.3 Å². The van der Waals surface area contributed by atoms with Crippen molar-refractivity contribution in [1.29, 1.82) is 0 Å². The van der Waals surface area contributed by atoms with Gasteiger partial charge in [0.1, 0.15) is 17.9 Å². The first kappa shape index (κ1) is 20.7. The summed E-state index contributed by atoms with van der Waals surface area (Å²) >= 11 is 6.02. The number of rotatable bonds is 6. The van der Waals surface area contributed by atoms with E-state index in [-0.39, 0.29) is 23.6 Å². The van der Waals surface area contributed by atoms with Crippen molar-refractivity contribution < 1.29 is 24.0 Å². The molecule has 1 fully saturated rings. The monoisotopic (exact) mass is 427 g/mol. The van der Waals surface area contributed by atoms with E-state index >= 15 is 0 Å². The van der Waals surface area contributed by atoms with Crippen LogP contribution in [0.15, 0.2) is 60.7 Å². The molecule has 3 rings (SSSR count). The summed E-state index contributed by atoms with van der Waals surface area (Å²) in [6.45, 7) is 3.75. The molecular weight excluding hydrogens is 414 g/mol. The number of non-ortho nitro benzene ring substituents is 1. The summed E-state index contributed by atoms with van der Waals surface area (Å²) in [5.41, 5.74) is -0.131. The summed E-state index contributed by atoms with van der Waals surface area (Å²) in [6.07, 6.45) is 2.78. The fraction of sp³-hybridized carbons (Fsp3) is 0.0500. The van der Waals surface area contributed by atoms with Gasteiger partial charge in [-0.25, -0.2) is 9.69 Å². The quantitative estimate of drug-likeness (QED) is 0.248. The number of amides is 4. The number of imide groups is 2. The van der Waals surface area contributed by atoms with E-state index in [9.17, 15) is 24.5 Å². The minimum atomic E-state index is -0.967. The standard InChI is InChI=1S/C20H14ClN3O6/c1-2-9-30-17-8-3-13(21)10-12(17)11-16-18(25)22-20(27)23(19(16)26)14-4-6-15(7-5-14)24(28)29/h2-8,10-11H,1,9H2,(H,22,25,27)/b16-11+.